The van der Waals surface area contributed by atoms with Crippen molar-refractivity contribution in [3.8, 4) is 0 Å². The molecule has 0 aromatic carbocycles. The maximum Gasteiger partial charge on any atom is 0.330 e. The molecule has 0 unspecified atom stereocenters. The molecule has 0 saturated heterocycles. The summed E-state index contributed by atoms with van der Waals surface area (Å²) in [4.78, 5) is 38.2. The zero-order valence-electron chi connectivity index (χ0n) is 9.04. The summed E-state index contributed by atoms with van der Waals surface area (Å²) in [6.07, 6.45) is 1.34. The van der Waals surface area contributed by atoms with E-state index in [0.717, 1.165) is 4.57 Å². The van der Waals surface area contributed by atoms with E-state index in [1.807, 2.05) is 0 Å². The first kappa shape index (κ1) is 12.9. The molecule has 0 spiro atoms. The van der Waals surface area contributed by atoms with E-state index in [4.69, 9.17) is 4.74 Å². The van der Waals surface area contributed by atoms with E-state index in [-0.39, 0.29) is 19.9 Å². The molecule has 0 fully saturated rings. The van der Waals surface area contributed by atoms with Crippen LogP contribution in [0.25, 0.3) is 0 Å². The minimum absolute atomic E-state index is 0.0361. The fourth-order valence-corrected chi connectivity index (χ4v) is 1.05. The molecule has 1 N–H and O–H groups in total. The van der Waals surface area contributed by atoms with Gasteiger partial charge < -0.3 is 9.57 Å². The topological polar surface area (TPSA) is 116 Å². The van der Waals surface area contributed by atoms with Gasteiger partial charge in [0.05, 0.1) is 6.61 Å². The molecule has 0 aliphatic rings. The Morgan fingerprint density at radius 2 is 2.18 bits per heavy atom. The van der Waals surface area contributed by atoms with Gasteiger partial charge in [0.25, 0.3) is 10.6 Å². The monoisotopic (exact) mass is 245 g/mol. The van der Waals surface area contributed by atoms with Gasteiger partial charge in [0.1, 0.15) is 13.3 Å². The van der Waals surface area contributed by atoms with Gasteiger partial charge in [-0.05, 0) is 6.92 Å². The number of ether oxygens (including phenoxy) is 1. The van der Waals surface area contributed by atoms with Crippen molar-refractivity contribution in [2.45, 2.75) is 13.7 Å². The average Bonchev–Trinajstić information content (AvgIpc) is 2.24. The van der Waals surface area contributed by atoms with Gasteiger partial charge in [-0.15, -0.1) is 10.1 Å². The quantitative estimate of drug-likeness (QED) is 0.391. The number of hydrogen-bond acceptors (Lipinski definition) is 6. The molecule has 94 valence electrons. The number of nitrogens with one attached hydrogen (secondary N) is 1. The van der Waals surface area contributed by atoms with Crippen molar-refractivity contribution in [3.63, 3.8) is 0 Å². The van der Waals surface area contributed by atoms with E-state index in [1.54, 1.807) is 6.92 Å². The highest BCUT2D eigenvalue weighted by Crippen LogP contribution is 1.86. The fraction of sp³-hybridized carbons (Fsp3) is 0.500. The highest BCUT2D eigenvalue weighted by atomic mass is 17.0. The number of aromatic amines is 1. The van der Waals surface area contributed by atoms with Crippen molar-refractivity contribution >= 4 is 0 Å². The zero-order chi connectivity index (χ0) is 12.8. The molecular formula is C8H11N3O6. The number of rotatable bonds is 6. The molecule has 0 radical (unpaired) electrons. The smallest absolute Gasteiger partial charge is 0.330 e. The Hall–Kier alpha value is -2.16. The Balaban J connectivity index is 2.47. The van der Waals surface area contributed by atoms with Crippen LogP contribution in [0.2, 0.25) is 0 Å². The lowest BCUT2D eigenvalue weighted by Crippen LogP contribution is -2.31. The highest BCUT2D eigenvalue weighted by Gasteiger charge is 2.00. The predicted molar refractivity (Wildman–Crippen MR) is 55.0 cm³/mol. The molecule has 0 aliphatic heterocycles. The molecule has 1 aromatic heterocycles. The summed E-state index contributed by atoms with van der Waals surface area (Å²) in [5, 5.41) is 8.87. The number of aryl methyl sites for hydroxylation is 1. The third-order valence-electron chi connectivity index (χ3n) is 1.84. The maximum atomic E-state index is 11.3. The normalized spacial score (nSPS) is 10.2. The molecule has 1 aromatic rings. The van der Waals surface area contributed by atoms with Gasteiger partial charge in [-0.2, -0.15) is 0 Å². The lowest BCUT2D eigenvalue weighted by atomic mass is 10.4. The van der Waals surface area contributed by atoms with Crippen LogP contribution < -0.4 is 11.2 Å². The first-order valence-corrected chi connectivity index (χ1v) is 4.66. The Labute approximate surface area is 94.7 Å². The van der Waals surface area contributed by atoms with Crippen LogP contribution >= 0.6 is 0 Å². The summed E-state index contributed by atoms with van der Waals surface area (Å²) < 4.78 is 6.10. The molecule has 1 heterocycles. The second-order valence-corrected chi connectivity index (χ2v) is 3.14. The van der Waals surface area contributed by atoms with Crippen molar-refractivity contribution in [1.29, 1.82) is 0 Å². The molecule has 1 rings (SSSR count). The van der Waals surface area contributed by atoms with Gasteiger partial charge in [-0.25, -0.2) is 4.79 Å². The SMILES string of the molecule is Cc1cn(COCCO[N+](=O)[O-])c(=O)[nH]c1=O. The van der Waals surface area contributed by atoms with Crippen molar-refractivity contribution in [3.05, 3.63) is 42.7 Å². The average molecular weight is 245 g/mol. The molecule has 9 nitrogen and oxygen atoms in total. The molecule has 0 amide bonds. The minimum atomic E-state index is -0.931. The van der Waals surface area contributed by atoms with Crippen LogP contribution in [0.1, 0.15) is 5.56 Å². The van der Waals surface area contributed by atoms with Crippen molar-refractivity contribution < 1.29 is 14.7 Å². The molecular weight excluding hydrogens is 234 g/mol. The Bertz CT molecular complexity index is 505. The van der Waals surface area contributed by atoms with Crippen molar-refractivity contribution in [2.24, 2.45) is 0 Å². The van der Waals surface area contributed by atoms with Crippen molar-refractivity contribution in [2.75, 3.05) is 13.2 Å². The van der Waals surface area contributed by atoms with Crippen LogP contribution in [-0.2, 0) is 16.3 Å². The predicted octanol–water partition coefficient (Wildman–Crippen LogP) is -0.973. The summed E-state index contributed by atoms with van der Waals surface area (Å²) in [5.41, 5.74) is -0.687. The van der Waals surface area contributed by atoms with Gasteiger partial charge >= 0.3 is 5.69 Å². The summed E-state index contributed by atoms with van der Waals surface area (Å²) in [5.74, 6) is 0. The van der Waals surface area contributed by atoms with Crippen LogP contribution in [0.15, 0.2) is 15.8 Å². The number of hydrogen-bond donors (Lipinski definition) is 1. The van der Waals surface area contributed by atoms with E-state index in [2.05, 4.69) is 9.82 Å². The van der Waals surface area contributed by atoms with E-state index < -0.39 is 16.3 Å². The highest BCUT2D eigenvalue weighted by molar-refractivity contribution is 5.00. The van der Waals surface area contributed by atoms with Crippen LogP contribution in [-0.4, -0.2) is 27.9 Å². The van der Waals surface area contributed by atoms with E-state index in [9.17, 15) is 19.7 Å². The van der Waals surface area contributed by atoms with Gasteiger partial charge in [0.2, 0.25) is 0 Å². The Morgan fingerprint density at radius 1 is 1.47 bits per heavy atom. The van der Waals surface area contributed by atoms with Gasteiger partial charge in [-0.1, -0.05) is 0 Å². The molecule has 0 atom stereocenters. The molecule has 0 saturated carbocycles. The second-order valence-electron chi connectivity index (χ2n) is 3.14. The third kappa shape index (κ3) is 4.07. The largest absolute Gasteiger partial charge is 0.359 e. The van der Waals surface area contributed by atoms with E-state index in [0.29, 0.717) is 5.56 Å². The van der Waals surface area contributed by atoms with E-state index >= 15 is 0 Å². The number of aromatic nitrogens is 2. The van der Waals surface area contributed by atoms with Crippen molar-refractivity contribution in [1.82, 2.24) is 9.55 Å². The van der Waals surface area contributed by atoms with Gasteiger partial charge in [0.15, 0.2) is 0 Å². The number of nitrogens with zero attached hydrogens (tertiary/aromatic N) is 2. The first-order chi connectivity index (χ1) is 8.00. The zero-order valence-corrected chi connectivity index (χ0v) is 9.04. The van der Waals surface area contributed by atoms with Crippen LogP contribution in [0.3, 0.4) is 0 Å². The molecule has 0 bridgehead atoms. The van der Waals surface area contributed by atoms with Crippen LogP contribution in [0.4, 0.5) is 0 Å². The Kier molecular flexibility index (Phi) is 4.40. The molecule has 9 heteroatoms. The van der Waals surface area contributed by atoms with Crippen LogP contribution in [0, 0.1) is 17.0 Å². The first-order valence-electron chi connectivity index (χ1n) is 4.66. The lowest BCUT2D eigenvalue weighted by Gasteiger charge is -2.06. The maximum absolute atomic E-state index is 11.3. The summed E-state index contributed by atoms with van der Waals surface area (Å²) in [7, 11) is 0. The summed E-state index contributed by atoms with van der Waals surface area (Å²) in [6, 6.07) is 0. The van der Waals surface area contributed by atoms with Gasteiger partial charge in [-0.3, -0.25) is 14.3 Å². The summed E-state index contributed by atoms with van der Waals surface area (Å²) >= 11 is 0. The Morgan fingerprint density at radius 3 is 2.82 bits per heavy atom. The van der Waals surface area contributed by atoms with Crippen LogP contribution in [0.5, 0.6) is 0 Å². The minimum Gasteiger partial charge on any atom is -0.359 e. The lowest BCUT2D eigenvalue weighted by molar-refractivity contribution is -0.758. The third-order valence-corrected chi connectivity index (χ3v) is 1.84. The molecule has 17 heavy (non-hydrogen) atoms. The second kappa shape index (κ2) is 5.80. The number of H-pyrrole nitrogens is 1. The van der Waals surface area contributed by atoms with Gasteiger partial charge in [0, 0.05) is 11.8 Å². The summed E-state index contributed by atoms with van der Waals surface area (Å²) in [6.45, 7) is 1.18. The standard InChI is InChI=1S/C8H11N3O6/c1-6-4-10(8(13)9-7(6)12)5-16-2-3-17-11(14)15/h4H,2-3,5H2,1H3,(H,9,12,13). The molecule has 0 aliphatic carbocycles. The fourth-order valence-electron chi connectivity index (χ4n) is 1.05. The van der Waals surface area contributed by atoms with E-state index in [1.165, 1.54) is 6.20 Å².